The van der Waals surface area contributed by atoms with Gasteiger partial charge in [-0.05, 0) is 69.6 Å². The predicted octanol–water partition coefficient (Wildman–Crippen LogP) is 9.03. The second kappa shape index (κ2) is 7.94. The summed E-state index contributed by atoms with van der Waals surface area (Å²) in [7, 11) is 0. The molecule has 0 aliphatic heterocycles. The average molecular weight is 422 g/mol. The third kappa shape index (κ3) is 3.66. The Bertz CT molecular complexity index is 1380. The quantitative estimate of drug-likeness (QED) is 0.282. The molecule has 0 spiro atoms. The van der Waals surface area contributed by atoms with Gasteiger partial charge in [0.15, 0.2) is 0 Å². The van der Waals surface area contributed by atoms with Crippen molar-refractivity contribution in [1.29, 1.82) is 0 Å². The van der Waals surface area contributed by atoms with Crippen LogP contribution in [0.15, 0.2) is 79.0 Å². The van der Waals surface area contributed by atoms with E-state index >= 15 is 0 Å². The summed E-state index contributed by atoms with van der Waals surface area (Å²) in [5, 5.41) is 3.79. The van der Waals surface area contributed by atoms with Crippen molar-refractivity contribution in [3.05, 3.63) is 90.1 Å². The maximum atomic E-state index is 4.85. The molecule has 0 fully saturated rings. The number of fused-ring (bicyclic) bond motifs is 2. The van der Waals surface area contributed by atoms with Gasteiger partial charge in [0.1, 0.15) is 0 Å². The Morgan fingerprint density at radius 3 is 2.26 bits per heavy atom. The van der Waals surface area contributed by atoms with E-state index in [-0.39, 0.29) is 0 Å². The summed E-state index contributed by atoms with van der Waals surface area (Å²) in [6.45, 7) is 9.06. The van der Waals surface area contributed by atoms with Crippen molar-refractivity contribution in [1.82, 2.24) is 4.98 Å². The molecule has 1 nitrogen and oxygen atoms in total. The van der Waals surface area contributed by atoms with Crippen LogP contribution in [0.5, 0.6) is 0 Å². The van der Waals surface area contributed by atoms with Crippen LogP contribution in [0.4, 0.5) is 0 Å². The van der Waals surface area contributed by atoms with Gasteiger partial charge in [0.25, 0.3) is 0 Å². The lowest BCUT2D eigenvalue weighted by atomic mass is 9.94. The number of hydrogen-bond acceptors (Lipinski definition) is 2. The molecule has 31 heavy (non-hydrogen) atoms. The van der Waals surface area contributed by atoms with Crippen molar-refractivity contribution in [2.24, 2.45) is 0 Å². The number of aromatic nitrogens is 1. The molecule has 0 radical (unpaired) electrons. The van der Waals surface area contributed by atoms with Gasteiger partial charge < -0.3 is 0 Å². The molecule has 2 heteroatoms. The Hall–Kier alpha value is -2.97. The molecule has 2 heterocycles. The zero-order valence-electron chi connectivity index (χ0n) is 18.5. The molecule has 5 rings (SSSR count). The maximum absolute atomic E-state index is 4.85. The van der Waals surface area contributed by atoms with Crippen molar-refractivity contribution in [3.63, 3.8) is 0 Å². The highest BCUT2D eigenvalue weighted by Crippen LogP contribution is 2.41. The lowest BCUT2D eigenvalue weighted by Crippen LogP contribution is -1.93. The van der Waals surface area contributed by atoms with Crippen LogP contribution >= 0.6 is 11.3 Å². The van der Waals surface area contributed by atoms with Crippen LogP contribution in [-0.4, -0.2) is 4.98 Å². The lowest BCUT2D eigenvalue weighted by Gasteiger charge is -2.13. The second-order valence-electron chi connectivity index (χ2n) is 8.91. The van der Waals surface area contributed by atoms with Gasteiger partial charge in [-0.15, -0.1) is 11.3 Å². The molecule has 3 aromatic carbocycles. The first-order valence-corrected chi connectivity index (χ1v) is 11.8. The second-order valence-corrected chi connectivity index (χ2v) is 9.96. The molecule has 0 aliphatic rings. The number of nitrogens with zero attached hydrogens (tertiary/aromatic N) is 1. The molecule has 0 amide bonds. The Morgan fingerprint density at radius 1 is 0.710 bits per heavy atom. The molecule has 0 saturated heterocycles. The minimum Gasteiger partial charge on any atom is -0.256 e. The van der Waals surface area contributed by atoms with Crippen LogP contribution in [0.3, 0.4) is 0 Å². The summed E-state index contributed by atoms with van der Waals surface area (Å²) in [6.07, 6.45) is 1.94. The highest BCUT2D eigenvalue weighted by Gasteiger charge is 2.15. The molecule has 5 aromatic rings. The highest BCUT2D eigenvalue weighted by molar-refractivity contribution is 7.22. The Labute approximate surface area is 188 Å². The molecule has 0 saturated carbocycles. The zero-order valence-corrected chi connectivity index (χ0v) is 19.3. The van der Waals surface area contributed by atoms with Crippen LogP contribution in [0.1, 0.15) is 50.7 Å². The summed E-state index contributed by atoms with van der Waals surface area (Å²) < 4.78 is 1.39. The largest absolute Gasteiger partial charge is 0.256 e. The minimum atomic E-state index is 0.450. The molecule has 154 valence electrons. The van der Waals surface area contributed by atoms with Crippen molar-refractivity contribution in [2.75, 3.05) is 0 Å². The molecule has 0 bridgehead atoms. The van der Waals surface area contributed by atoms with Crippen molar-refractivity contribution >= 4 is 32.2 Å². The number of thiophene rings is 1. The number of pyridine rings is 1. The van der Waals surface area contributed by atoms with Crippen molar-refractivity contribution in [2.45, 2.75) is 39.5 Å². The first-order chi connectivity index (χ1) is 15.0. The third-order valence-electron chi connectivity index (χ3n) is 6.06. The number of rotatable bonds is 4. The van der Waals surface area contributed by atoms with Gasteiger partial charge in [-0.25, -0.2) is 0 Å². The minimum absolute atomic E-state index is 0.450. The van der Waals surface area contributed by atoms with Gasteiger partial charge >= 0.3 is 0 Å². The molecule has 0 atom stereocenters. The summed E-state index contributed by atoms with van der Waals surface area (Å²) in [5.74, 6) is 0.947. The monoisotopic (exact) mass is 421 g/mol. The molecule has 2 aromatic heterocycles. The normalized spacial score (nSPS) is 11.8. The third-order valence-corrected chi connectivity index (χ3v) is 7.30. The number of hydrogen-bond donors (Lipinski definition) is 0. The van der Waals surface area contributed by atoms with Crippen LogP contribution in [-0.2, 0) is 0 Å². The fourth-order valence-corrected chi connectivity index (χ4v) is 5.57. The maximum Gasteiger partial charge on any atom is 0.0780 e. The van der Waals surface area contributed by atoms with E-state index in [0.717, 1.165) is 5.69 Å². The van der Waals surface area contributed by atoms with Gasteiger partial charge in [0.05, 0.1) is 5.69 Å². The van der Waals surface area contributed by atoms with E-state index in [4.69, 9.17) is 4.98 Å². The molecule has 0 unspecified atom stereocenters. The summed E-state index contributed by atoms with van der Waals surface area (Å²) in [4.78, 5) is 6.18. The Morgan fingerprint density at radius 2 is 1.52 bits per heavy atom. The topological polar surface area (TPSA) is 12.9 Å². The molecular formula is C29H27NS. The van der Waals surface area contributed by atoms with E-state index in [1.54, 1.807) is 0 Å². The molecule has 0 N–H and O–H groups in total. The van der Waals surface area contributed by atoms with Gasteiger partial charge in [-0.1, -0.05) is 70.2 Å². The van der Waals surface area contributed by atoms with E-state index in [0.29, 0.717) is 11.8 Å². The van der Waals surface area contributed by atoms with Gasteiger partial charge in [0.2, 0.25) is 0 Å². The molecular weight excluding hydrogens is 394 g/mol. The van der Waals surface area contributed by atoms with Crippen molar-refractivity contribution < 1.29 is 0 Å². The van der Waals surface area contributed by atoms with E-state index in [1.165, 1.54) is 48.0 Å². The van der Waals surface area contributed by atoms with Crippen LogP contribution < -0.4 is 0 Å². The smallest absolute Gasteiger partial charge is 0.0780 e. The predicted molar refractivity (Wildman–Crippen MR) is 136 cm³/mol. The molecule has 0 aliphatic carbocycles. The van der Waals surface area contributed by atoms with Crippen LogP contribution in [0.25, 0.3) is 42.6 Å². The van der Waals surface area contributed by atoms with Gasteiger partial charge in [-0.2, -0.15) is 0 Å². The van der Waals surface area contributed by atoms with E-state index in [1.807, 2.05) is 17.5 Å². The standard InChI is InChI=1S/C29H27NS/c1-18(2)22-11-10-20-12-13-30-28(26(20)15-22)23-14-24-17-27(21-8-6-5-7-9-21)31-29(24)25(16-23)19(3)4/h5-19H,1-4H3. The Kier molecular flexibility index (Phi) is 5.11. The summed E-state index contributed by atoms with van der Waals surface area (Å²) >= 11 is 1.90. The highest BCUT2D eigenvalue weighted by atomic mass is 32.1. The summed E-state index contributed by atoms with van der Waals surface area (Å²) in [5.41, 5.74) is 6.33. The first kappa shape index (κ1) is 20.0. The first-order valence-electron chi connectivity index (χ1n) is 11.0. The fourth-order valence-electron chi connectivity index (χ4n) is 4.27. The number of benzene rings is 3. The fraction of sp³-hybridized carbons (Fsp3) is 0.207. The van der Waals surface area contributed by atoms with Gasteiger partial charge in [0, 0.05) is 26.7 Å². The van der Waals surface area contributed by atoms with E-state index in [2.05, 4.69) is 100 Å². The van der Waals surface area contributed by atoms with E-state index < -0.39 is 0 Å². The van der Waals surface area contributed by atoms with Crippen LogP contribution in [0.2, 0.25) is 0 Å². The van der Waals surface area contributed by atoms with Crippen molar-refractivity contribution in [3.8, 4) is 21.7 Å². The average Bonchev–Trinajstić information content (AvgIpc) is 3.22. The lowest BCUT2D eigenvalue weighted by molar-refractivity contribution is 0.868. The van der Waals surface area contributed by atoms with Crippen LogP contribution in [0, 0.1) is 0 Å². The SMILES string of the molecule is CC(C)c1ccc2ccnc(-c3cc(C(C)C)c4sc(-c5ccccc5)cc4c3)c2c1. The Balaban J connectivity index is 1.75. The van der Waals surface area contributed by atoms with E-state index in [9.17, 15) is 0 Å². The zero-order chi connectivity index (χ0) is 21.5. The van der Waals surface area contributed by atoms with Gasteiger partial charge in [-0.3, -0.25) is 4.98 Å². The summed E-state index contributed by atoms with van der Waals surface area (Å²) in [6, 6.07) is 26.6.